The molecule has 0 amide bonds. The molecule has 1 N–H and O–H groups in total. The highest BCUT2D eigenvalue weighted by Gasteiger charge is 2.18. The third-order valence-electron chi connectivity index (χ3n) is 2.60. The summed E-state index contributed by atoms with van der Waals surface area (Å²) in [4.78, 5) is 0.965. The second kappa shape index (κ2) is 4.83. The Balaban J connectivity index is 2.15. The summed E-state index contributed by atoms with van der Waals surface area (Å²) >= 11 is 1.25. The van der Waals surface area contributed by atoms with Crippen LogP contribution in [0.15, 0.2) is 20.9 Å². The smallest absolute Gasteiger partial charge is 0.250 e. The lowest BCUT2D eigenvalue weighted by atomic mass is 10.2. The zero-order valence-electron chi connectivity index (χ0n) is 10.4. The zero-order valence-corrected chi connectivity index (χ0v) is 12.0. The van der Waals surface area contributed by atoms with Crippen molar-refractivity contribution in [2.45, 2.75) is 31.5 Å². The fourth-order valence-corrected chi connectivity index (χ4v) is 3.87. The van der Waals surface area contributed by atoms with Crippen LogP contribution in [0.4, 0.5) is 0 Å². The maximum atomic E-state index is 12.0. The van der Waals surface area contributed by atoms with E-state index in [1.165, 1.54) is 11.3 Å². The van der Waals surface area contributed by atoms with Gasteiger partial charge in [0.05, 0.1) is 5.69 Å². The standard InChI is InChI=1S/C11H14N2O3S2/c1-7-4-5-11(17-7)18(14,15)12-6-10-8(2)13-16-9(10)3/h4-5,12H,6H2,1-3H3. The summed E-state index contributed by atoms with van der Waals surface area (Å²) in [6.45, 7) is 5.62. The molecule has 2 aromatic heterocycles. The number of hydrogen-bond acceptors (Lipinski definition) is 5. The molecule has 2 rings (SSSR count). The van der Waals surface area contributed by atoms with Crippen molar-refractivity contribution in [3.63, 3.8) is 0 Å². The van der Waals surface area contributed by atoms with E-state index in [1.807, 2.05) is 6.92 Å². The van der Waals surface area contributed by atoms with Gasteiger partial charge in [-0.05, 0) is 32.9 Å². The van der Waals surface area contributed by atoms with Crippen molar-refractivity contribution >= 4 is 21.4 Å². The van der Waals surface area contributed by atoms with Gasteiger partial charge in [0, 0.05) is 17.0 Å². The first-order valence-electron chi connectivity index (χ1n) is 5.38. The fourth-order valence-electron chi connectivity index (χ4n) is 1.55. The Bertz CT molecular complexity index is 636. The van der Waals surface area contributed by atoms with Crippen LogP contribution in [0, 0.1) is 20.8 Å². The van der Waals surface area contributed by atoms with Crippen LogP contribution in [0.5, 0.6) is 0 Å². The van der Waals surface area contributed by atoms with Gasteiger partial charge in [-0.2, -0.15) is 0 Å². The molecule has 2 aromatic rings. The minimum atomic E-state index is -3.45. The van der Waals surface area contributed by atoms with E-state index in [1.54, 1.807) is 26.0 Å². The molecule has 2 heterocycles. The minimum Gasteiger partial charge on any atom is -0.361 e. The van der Waals surface area contributed by atoms with E-state index in [0.29, 0.717) is 15.7 Å². The van der Waals surface area contributed by atoms with E-state index < -0.39 is 10.0 Å². The van der Waals surface area contributed by atoms with E-state index in [9.17, 15) is 8.42 Å². The molecule has 0 aromatic carbocycles. The van der Waals surface area contributed by atoms with Gasteiger partial charge in [-0.15, -0.1) is 11.3 Å². The van der Waals surface area contributed by atoms with Crippen LogP contribution >= 0.6 is 11.3 Å². The Morgan fingerprint density at radius 3 is 2.56 bits per heavy atom. The Morgan fingerprint density at radius 1 is 1.33 bits per heavy atom. The maximum Gasteiger partial charge on any atom is 0.250 e. The fraction of sp³-hybridized carbons (Fsp3) is 0.364. The summed E-state index contributed by atoms with van der Waals surface area (Å²) in [5.74, 6) is 0.637. The van der Waals surface area contributed by atoms with E-state index >= 15 is 0 Å². The van der Waals surface area contributed by atoms with Gasteiger partial charge in [-0.3, -0.25) is 0 Å². The number of nitrogens with one attached hydrogen (secondary N) is 1. The molecule has 0 fully saturated rings. The van der Waals surface area contributed by atoms with Crippen molar-refractivity contribution in [3.05, 3.63) is 34.0 Å². The SMILES string of the molecule is Cc1ccc(S(=O)(=O)NCc2c(C)noc2C)s1. The molecule has 0 bridgehead atoms. The molecule has 0 unspecified atom stereocenters. The summed E-state index contributed by atoms with van der Waals surface area (Å²) in [6, 6.07) is 3.39. The minimum absolute atomic E-state index is 0.195. The topological polar surface area (TPSA) is 72.2 Å². The predicted octanol–water partition coefficient (Wildman–Crippen LogP) is 2.14. The number of rotatable bonds is 4. The number of sulfonamides is 1. The normalized spacial score (nSPS) is 11.9. The van der Waals surface area contributed by atoms with Gasteiger partial charge in [-0.1, -0.05) is 5.16 Å². The van der Waals surface area contributed by atoms with Crippen molar-refractivity contribution < 1.29 is 12.9 Å². The first-order chi connectivity index (χ1) is 8.40. The molecule has 7 heteroatoms. The van der Waals surface area contributed by atoms with Crippen LogP contribution in [0.25, 0.3) is 0 Å². The van der Waals surface area contributed by atoms with Crippen LogP contribution < -0.4 is 4.72 Å². The molecule has 0 spiro atoms. The molecule has 98 valence electrons. The number of nitrogens with zero attached hydrogens (tertiary/aromatic N) is 1. The van der Waals surface area contributed by atoms with E-state index in [4.69, 9.17) is 4.52 Å². The lowest BCUT2D eigenvalue weighted by Crippen LogP contribution is -2.22. The van der Waals surface area contributed by atoms with E-state index in [-0.39, 0.29) is 6.54 Å². The highest BCUT2D eigenvalue weighted by atomic mass is 32.2. The summed E-state index contributed by atoms with van der Waals surface area (Å²) in [7, 11) is -3.45. The predicted molar refractivity (Wildman–Crippen MR) is 69.1 cm³/mol. The Hall–Kier alpha value is -1.18. The molecule has 0 radical (unpaired) electrons. The lowest BCUT2D eigenvalue weighted by molar-refractivity contribution is 0.392. The molecule has 0 atom stereocenters. The van der Waals surface area contributed by atoms with Gasteiger partial charge in [-0.25, -0.2) is 13.1 Å². The van der Waals surface area contributed by atoms with Crippen LogP contribution in [-0.4, -0.2) is 13.6 Å². The highest BCUT2D eigenvalue weighted by Crippen LogP contribution is 2.21. The summed E-state index contributed by atoms with van der Waals surface area (Å²) < 4.78 is 31.9. The Labute approximate surface area is 110 Å². The monoisotopic (exact) mass is 286 g/mol. The van der Waals surface area contributed by atoms with Gasteiger partial charge >= 0.3 is 0 Å². The molecule has 0 saturated heterocycles. The molecular weight excluding hydrogens is 272 g/mol. The first-order valence-corrected chi connectivity index (χ1v) is 7.68. The summed E-state index contributed by atoms with van der Waals surface area (Å²) in [5, 5.41) is 3.79. The van der Waals surface area contributed by atoms with Crippen LogP contribution in [0.3, 0.4) is 0 Å². The molecule has 5 nitrogen and oxygen atoms in total. The quantitative estimate of drug-likeness (QED) is 0.934. The molecule has 0 aliphatic carbocycles. The Kier molecular flexibility index (Phi) is 3.56. The summed E-state index contributed by atoms with van der Waals surface area (Å²) in [5.41, 5.74) is 1.49. The van der Waals surface area contributed by atoms with Crippen molar-refractivity contribution in [2.24, 2.45) is 0 Å². The molecule has 0 saturated carbocycles. The first kappa shape index (κ1) is 13.3. The number of aryl methyl sites for hydroxylation is 3. The second-order valence-corrected chi connectivity index (χ2v) is 7.27. The van der Waals surface area contributed by atoms with Gasteiger partial charge < -0.3 is 4.52 Å². The van der Waals surface area contributed by atoms with Gasteiger partial charge in [0.15, 0.2) is 0 Å². The number of hydrogen-bond donors (Lipinski definition) is 1. The zero-order chi connectivity index (χ0) is 13.3. The number of thiophene rings is 1. The average molecular weight is 286 g/mol. The molecule has 0 aliphatic rings. The van der Waals surface area contributed by atoms with Gasteiger partial charge in [0.2, 0.25) is 10.0 Å². The Morgan fingerprint density at radius 2 is 2.06 bits per heavy atom. The lowest BCUT2D eigenvalue weighted by Gasteiger charge is -2.04. The van der Waals surface area contributed by atoms with Crippen LogP contribution in [0.1, 0.15) is 21.9 Å². The van der Waals surface area contributed by atoms with Crippen molar-refractivity contribution in [1.82, 2.24) is 9.88 Å². The second-order valence-electron chi connectivity index (χ2n) is 3.99. The van der Waals surface area contributed by atoms with Crippen LogP contribution in [-0.2, 0) is 16.6 Å². The van der Waals surface area contributed by atoms with Crippen molar-refractivity contribution in [2.75, 3.05) is 0 Å². The average Bonchev–Trinajstić information content (AvgIpc) is 2.85. The van der Waals surface area contributed by atoms with Crippen molar-refractivity contribution in [1.29, 1.82) is 0 Å². The maximum absolute atomic E-state index is 12.0. The van der Waals surface area contributed by atoms with E-state index in [2.05, 4.69) is 9.88 Å². The summed E-state index contributed by atoms with van der Waals surface area (Å²) in [6.07, 6.45) is 0. The highest BCUT2D eigenvalue weighted by molar-refractivity contribution is 7.91. The largest absolute Gasteiger partial charge is 0.361 e. The van der Waals surface area contributed by atoms with E-state index in [0.717, 1.165) is 10.4 Å². The number of aromatic nitrogens is 1. The third kappa shape index (κ3) is 2.63. The molecule has 18 heavy (non-hydrogen) atoms. The van der Waals surface area contributed by atoms with Gasteiger partial charge in [0.25, 0.3) is 0 Å². The third-order valence-corrected chi connectivity index (χ3v) is 5.49. The van der Waals surface area contributed by atoms with Crippen molar-refractivity contribution in [3.8, 4) is 0 Å². The molecule has 0 aliphatic heterocycles. The molecular formula is C11H14N2O3S2. The van der Waals surface area contributed by atoms with Crippen LogP contribution in [0.2, 0.25) is 0 Å². The van der Waals surface area contributed by atoms with Gasteiger partial charge in [0.1, 0.15) is 9.97 Å².